The number of hydrazine groups is 1. The number of hydrogen-bond acceptors (Lipinski definition) is 3. The fourth-order valence-electron chi connectivity index (χ4n) is 1.80. The quantitative estimate of drug-likeness (QED) is 0.534. The first-order valence-corrected chi connectivity index (χ1v) is 4.38. The summed E-state index contributed by atoms with van der Waals surface area (Å²) in [5.74, 6) is 2.11. The van der Waals surface area contributed by atoms with Crippen LogP contribution in [-0.4, -0.2) is 35.1 Å². The van der Waals surface area contributed by atoms with Crippen molar-refractivity contribution in [3.05, 3.63) is 24.8 Å². The van der Waals surface area contributed by atoms with Crippen LogP contribution in [-0.2, 0) is 0 Å². The van der Waals surface area contributed by atoms with Crippen LogP contribution < -0.4 is 0 Å². The van der Waals surface area contributed by atoms with Gasteiger partial charge in [-0.15, -0.1) is 0 Å². The SMILES string of the molecule is C=C1N(C)C(=C)N2CCCCN12. The lowest BCUT2D eigenvalue weighted by molar-refractivity contribution is 0.0452. The van der Waals surface area contributed by atoms with Crippen molar-refractivity contribution in [2.24, 2.45) is 0 Å². The molecule has 0 atom stereocenters. The first kappa shape index (κ1) is 7.53. The largest absolute Gasteiger partial charge is 0.316 e. The molecular formula is C9H15N3. The van der Waals surface area contributed by atoms with Crippen molar-refractivity contribution >= 4 is 0 Å². The zero-order chi connectivity index (χ0) is 8.72. The molecular weight excluding hydrogens is 150 g/mol. The molecule has 0 aromatic rings. The van der Waals surface area contributed by atoms with Gasteiger partial charge in [0.15, 0.2) is 0 Å². The molecule has 3 heteroatoms. The minimum atomic E-state index is 1.06. The van der Waals surface area contributed by atoms with E-state index in [2.05, 4.69) is 23.2 Å². The Labute approximate surface area is 73.5 Å². The van der Waals surface area contributed by atoms with Crippen molar-refractivity contribution in [3.8, 4) is 0 Å². The van der Waals surface area contributed by atoms with Crippen LogP contribution in [0.25, 0.3) is 0 Å². The molecule has 0 bridgehead atoms. The Kier molecular flexibility index (Phi) is 1.53. The molecule has 0 aromatic heterocycles. The molecule has 0 saturated carbocycles. The highest BCUT2D eigenvalue weighted by atomic mass is 15.8. The summed E-state index contributed by atoms with van der Waals surface area (Å²) in [7, 11) is 2.02. The van der Waals surface area contributed by atoms with Gasteiger partial charge in [0.05, 0.1) is 0 Å². The normalized spacial score (nSPS) is 23.6. The van der Waals surface area contributed by atoms with Crippen molar-refractivity contribution < 1.29 is 0 Å². The molecule has 2 fully saturated rings. The second-order valence-corrected chi connectivity index (χ2v) is 3.34. The third-order valence-electron chi connectivity index (χ3n) is 2.65. The highest BCUT2D eigenvalue weighted by molar-refractivity contribution is 5.12. The second-order valence-electron chi connectivity index (χ2n) is 3.34. The van der Waals surface area contributed by atoms with E-state index in [-0.39, 0.29) is 0 Å². The van der Waals surface area contributed by atoms with Crippen LogP contribution >= 0.6 is 0 Å². The van der Waals surface area contributed by atoms with Gasteiger partial charge in [0.1, 0.15) is 11.6 Å². The van der Waals surface area contributed by atoms with E-state index in [1.54, 1.807) is 0 Å². The van der Waals surface area contributed by atoms with Crippen LogP contribution in [0.15, 0.2) is 24.8 Å². The van der Waals surface area contributed by atoms with Crippen LogP contribution in [0.5, 0.6) is 0 Å². The summed E-state index contributed by atoms with van der Waals surface area (Å²) in [4.78, 5) is 2.05. The van der Waals surface area contributed by atoms with Gasteiger partial charge in [0.25, 0.3) is 0 Å². The van der Waals surface area contributed by atoms with E-state index in [0.717, 1.165) is 24.7 Å². The van der Waals surface area contributed by atoms with E-state index < -0.39 is 0 Å². The molecule has 0 spiro atoms. The Morgan fingerprint density at radius 1 is 1.00 bits per heavy atom. The first-order chi connectivity index (χ1) is 5.72. The molecule has 2 saturated heterocycles. The molecule has 2 aliphatic rings. The summed E-state index contributed by atoms with van der Waals surface area (Å²) in [6.07, 6.45) is 2.52. The van der Waals surface area contributed by atoms with E-state index in [0.29, 0.717) is 0 Å². The van der Waals surface area contributed by atoms with Crippen LogP contribution in [0.2, 0.25) is 0 Å². The molecule has 0 amide bonds. The molecule has 2 rings (SSSR count). The molecule has 0 aliphatic carbocycles. The lowest BCUT2D eigenvalue weighted by Crippen LogP contribution is -2.39. The average molecular weight is 165 g/mol. The van der Waals surface area contributed by atoms with Gasteiger partial charge in [-0.05, 0) is 12.8 Å². The van der Waals surface area contributed by atoms with Crippen LogP contribution in [0, 0.1) is 0 Å². The molecule has 12 heavy (non-hydrogen) atoms. The van der Waals surface area contributed by atoms with E-state index in [1.165, 1.54) is 12.8 Å². The Morgan fingerprint density at radius 3 is 1.83 bits per heavy atom. The highest BCUT2D eigenvalue weighted by Gasteiger charge is 2.32. The molecule has 3 nitrogen and oxygen atoms in total. The van der Waals surface area contributed by atoms with Crippen molar-refractivity contribution in [2.45, 2.75) is 12.8 Å². The van der Waals surface area contributed by atoms with Crippen molar-refractivity contribution in [3.63, 3.8) is 0 Å². The van der Waals surface area contributed by atoms with Crippen molar-refractivity contribution in [2.75, 3.05) is 20.1 Å². The fourth-order valence-corrected chi connectivity index (χ4v) is 1.80. The smallest absolute Gasteiger partial charge is 0.121 e. The first-order valence-electron chi connectivity index (χ1n) is 4.38. The van der Waals surface area contributed by atoms with E-state index in [1.807, 2.05) is 11.9 Å². The summed E-state index contributed by atoms with van der Waals surface area (Å²) in [5, 5.41) is 4.43. The number of nitrogens with zero attached hydrogens (tertiary/aromatic N) is 3. The minimum Gasteiger partial charge on any atom is -0.316 e. The molecule has 2 aliphatic heterocycles. The minimum absolute atomic E-state index is 1.06. The molecule has 0 radical (unpaired) electrons. The standard InChI is InChI=1S/C9H15N3/c1-8-10(3)9(2)12-7-5-4-6-11(8)12/h1-2,4-7H2,3H3. The van der Waals surface area contributed by atoms with Gasteiger partial charge in [-0.1, -0.05) is 13.2 Å². The van der Waals surface area contributed by atoms with Gasteiger partial charge < -0.3 is 4.90 Å². The molecule has 0 aromatic carbocycles. The maximum atomic E-state index is 4.02. The average Bonchev–Trinajstić information content (AvgIpc) is 2.33. The lowest BCUT2D eigenvalue weighted by atomic mass is 10.2. The van der Waals surface area contributed by atoms with E-state index in [9.17, 15) is 0 Å². The topological polar surface area (TPSA) is 9.72 Å². The molecule has 0 N–H and O–H groups in total. The van der Waals surface area contributed by atoms with E-state index in [4.69, 9.17) is 0 Å². The van der Waals surface area contributed by atoms with Gasteiger partial charge in [-0.2, -0.15) is 0 Å². The monoisotopic (exact) mass is 165 g/mol. The Balaban J connectivity index is 2.25. The molecule has 66 valence electrons. The van der Waals surface area contributed by atoms with Gasteiger partial charge in [-0.3, -0.25) is 10.0 Å². The van der Waals surface area contributed by atoms with Crippen molar-refractivity contribution in [1.82, 2.24) is 14.9 Å². The summed E-state index contributed by atoms with van der Waals surface area (Å²) in [5.41, 5.74) is 0. The third kappa shape index (κ3) is 0.823. The zero-order valence-electron chi connectivity index (χ0n) is 7.58. The third-order valence-corrected chi connectivity index (χ3v) is 2.65. The zero-order valence-corrected chi connectivity index (χ0v) is 7.58. The number of hydrogen-bond donors (Lipinski definition) is 0. The maximum Gasteiger partial charge on any atom is 0.121 e. The molecule has 2 heterocycles. The highest BCUT2D eigenvalue weighted by Crippen LogP contribution is 2.30. The summed E-state index contributed by atoms with van der Waals surface area (Å²) >= 11 is 0. The van der Waals surface area contributed by atoms with E-state index >= 15 is 0 Å². The number of rotatable bonds is 0. The molecule has 0 unspecified atom stereocenters. The Morgan fingerprint density at radius 2 is 1.42 bits per heavy atom. The fraction of sp³-hybridized carbons (Fsp3) is 0.556. The Hall–Kier alpha value is -1.12. The van der Waals surface area contributed by atoms with Crippen LogP contribution in [0.1, 0.15) is 12.8 Å². The predicted molar refractivity (Wildman–Crippen MR) is 48.7 cm³/mol. The van der Waals surface area contributed by atoms with Gasteiger partial charge in [-0.25, -0.2) is 0 Å². The van der Waals surface area contributed by atoms with Crippen molar-refractivity contribution in [1.29, 1.82) is 0 Å². The summed E-state index contributed by atoms with van der Waals surface area (Å²) < 4.78 is 0. The maximum absolute atomic E-state index is 4.02. The predicted octanol–water partition coefficient (Wildman–Crippen LogP) is 1.19. The Bertz CT molecular complexity index is 210. The number of fused-ring (bicyclic) bond motifs is 1. The van der Waals surface area contributed by atoms with Gasteiger partial charge in [0.2, 0.25) is 0 Å². The summed E-state index contributed by atoms with van der Waals surface area (Å²) in [6, 6.07) is 0. The second kappa shape index (κ2) is 2.44. The van der Waals surface area contributed by atoms with Gasteiger partial charge in [0, 0.05) is 20.1 Å². The lowest BCUT2D eigenvalue weighted by Gasteiger charge is -2.34. The van der Waals surface area contributed by atoms with Gasteiger partial charge >= 0.3 is 0 Å². The summed E-state index contributed by atoms with van der Waals surface area (Å²) in [6.45, 7) is 10.2. The van der Waals surface area contributed by atoms with Crippen LogP contribution in [0.4, 0.5) is 0 Å². The van der Waals surface area contributed by atoms with Crippen LogP contribution in [0.3, 0.4) is 0 Å².